The molecule has 0 saturated heterocycles. The number of hydrogen-bond acceptors (Lipinski definition) is 5. The van der Waals surface area contributed by atoms with Gasteiger partial charge in [-0.3, -0.25) is 4.79 Å². The van der Waals surface area contributed by atoms with E-state index >= 15 is 0 Å². The number of ether oxygens (including phenoxy) is 1. The molecule has 2 aromatic rings. The molecular formula is C17H15ClF4N4O2. The summed E-state index contributed by atoms with van der Waals surface area (Å²) in [5.74, 6) is -0.727. The molecule has 150 valence electrons. The van der Waals surface area contributed by atoms with Gasteiger partial charge in [-0.15, -0.1) is 0 Å². The summed E-state index contributed by atoms with van der Waals surface area (Å²) in [7, 11) is 0. The standard InChI is InChI=1S/C17H15ClF4N4O2/c18-11-2-1-10(5-12(11)19)28-8-15(27)26-16(3-4-16)9-25-14-7-23-13(6-24-14)17(20,21)22/h1-2,5-7H,3-4,8-9H2,(H,24,25)(H,26,27). The van der Waals surface area contributed by atoms with Crippen LogP contribution in [0.4, 0.5) is 23.4 Å². The molecule has 2 N–H and O–H groups in total. The van der Waals surface area contributed by atoms with Crippen molar-refractivity contribution in [3.05, 3.63) is 47.1 Å². The van der Waals surface area contributed by atoms with Crippen LogP contribution in [0, 0.1) is 5.82 Å². The first-order chi connectivity index (χ1) is 13.2. The molecule has 11 heteroatoms. The maximum Gasteiger partial charge on any atom is 0.434 e. The summed E-state index contributed by atoms with van der Waals surface area (Å²) in [6.45, 7) is -0.0444. The first-order valence-electron chi connectivity index (χ1n) is 8.19. The van der Waals surface area contributed by atoms with Crippen molar-refractivity contribution in [1.29, 1.82) is 0 Å². The van der Waals surface area contributed by atoms with E-state index in [1.54, 1.807) is 0 Å². The Morgan fingerprint density at radius 2 is 2.00 bits per heavy atom. The van der Waals surface area contributed by atoms with Gasteiger partial charge in [-0.05, 0) is 25.0 Å². The lowest BCUT2D eigenvalue weighted by molar-refractivity contribution is -0.141. The van der Waals surface area contributed by atoms with Crippen molar-refractivity contribution >= 4 is 23.3 Å². The fourth-order valence-electron chi connectivity index (χ4n) is 2.37. The monoisotopic (exact) mass is 418 g/mol. The van der Waals surface area contributed by atoms with Crippen molar-refractivity contribution in [2.75, 3.05) is 18.5 Å². The Morgan fingerprint density at radius 1 is 1.25 bits per heavy atom. The summed E-state index contributed by atoms with van der Waals surface area (Å²) in [4.78, 5) is 19.0. The van der Waals surface area contributed by atoms with E-state index in [9.17, 15) is 22.4 Å². The van der Waals surface area contributed by atoms with E-state index in [-0.39, 0.29) is 29.7 Å². The van der Waals surface area contributed by atoms with Crippen molar-refractivity contribution in [3.63, 3.8) is 0 Å². The van der Waals surface area contributed by atoms with Gasteiger partial charge in [-0.25, -0.2) is 14.4 Å². The Hall–Kier alpha value is -2.62. The quantitative estimate of drug-likeness (QED) is 0.674. The van der Waals surface area contributed by atoms with E-state index in [0.29, 0.717) is 19.0 Å². The molecule has 1 saturated carbocycles. The third-order valence-corrected chi connectivity index (χ3v) is 4.38. The van der Waals surface area contributed by atoms with Crippen LogP contribution >= 0.6 is 11.6 Å². The fourth-order valence-corrected chi connectivity index (χ4v) is 2.49. The number of anilines is 1. The zero-order valence-corrected chi connectivity index (χ0v) is 15.1. The highest BCUT2D eigenvalue weighted by atomic mass is 35.5. The molecule has 1 aliphatic carbocycles. The van der Waals surface area contributed by atoms with Gasteiger partial charge in [0.15, 0.2) is 12.3 Å². The van der Waals surface area contributed by atoms with Crippen molar-refractivity contribution in [2.24, 2.45) is 0 Å². The van der Waals surface area contributed by atoms with E-state index < -0.39 is 29.1 Å². The van der Waals surface area contributed by atoms with Gasteiger partial charge in [-0.2, -0.15) is 13.2 Å². The molecule has 0 radical (unpaired) electrons. The second-order valence-electron chi connectivity index (χ2n) is 6.33. The molecule has 1 aromatic carbocycles. The third kappa shape index (κ3) is 5.22. The van der Waals surface area contributed by atoms with Gasteiger partial charge in [0.25, 0.3) is 5.91 Å². The maximum atomic E-state index is 13.3. The van der Waals surface area contributed by atoms with Crippen LogP contribution in [-0.2, 0) is 11.0 Å². The number of nitrogens with one attached hydrogen (secondary N) is 2. The number of carbonyl (C=O) groups excluding carboxylic acids is 1. The highest BCUT2D eigenvalue weighted by Crippen LogP contribution is 2.35. The Balaban J connectivity index is 1.47. The topological polar surface area (TPSA) is 76.1 Å². The lowest BCUT2D eigenvalue weighted by Crippen LogP contribution is -2.44. The predicted octanol–water partition coefficient (Wildman–Crippen LogP) is 3.43. The molecule has 0 aliphatic heterocycles. The molecule has 0 atom stereocenters. The van der Waals surface area contributed by atoms with Crippen molar-refractivity contribution in [3.8, 4) is 5.75 Å². The molecule has 3 rings (SSSR count). The van der Waals surface area contributed by atoms with Crippen LogP contribution < -0.4 is 15.4 Å². The SMILES string of the molecule is O=C(COc1ccc(Cl)c(F)c1)NC1(CNc2cnc(C(F)(F)F)cn2)CC1. The molecule has 0 spiro atoms. The van der Waals surface area contributed by atoms with Crippen molar-refractivity contribution in [1.82, 2.24) is 15.3 Å². The Labute approximate surface area is 162 Å². The molecular weight excluding hydrogens is 404 g/mol. The second-order valence-corrected chi connectivity index (χ2v) is 6.74. The van der Waals surface area contributed by atoms with Gasteiger partial charge in [0.1, 0.15) is 17.4 Å². The number of amides is 1. The van der Waals surface area contributed by atoms with E-state index in [0.717, 1.165) is 12.3 Å². The highest BCUT2D eigenvalue weighted by molar-refractivity contribution is 6.30. The Kier molecular flexibility index (Phi) is 5.59. The first kappa shape index (κ1) is 20.1. The molecule has 28 heavy (non-hydrogen) atoms. The molecule has 6 nitrogen and oxygen atoms in total. The second kappa shape index (κ2) is 7.78. The zero-order chi connectivity index (χ0) is 20.4. The molecule has 1 aliphatic rings. The lowest BCUT2D eigenvalue weighted by atomic mass is 10.2. The predicted molar refractivity (Wildman–Crippen MR) is 92.5 cm³/mol. The zero-order valence-electron chi connectivity index (χ0n) is 14.3. The number of hydrogen-bond donors (Lipinski definition) is 2. The molecule has 0 unspecified atom stereocenters. The first-order valence-corrected chi connectivity index (χ1v) is 8.57. The minimum absolute atomic E-state index is 0.0498. The van der Waals surface area contributed by atoms with Crippen LogP contribution in [0.15, 0.2) is 30.6 Å². The van der Waals surface area contributed by atoms with E-state index in [4.69, 9.17) is 16.3 Å². The van der Waals surface area contributed by atoms with E-state index in [1.165, 1.54) is 12.1 Å². The molecule has 0 bridgehead atoms. The minimum atomic E-state index is -4.55. The van der Waals surface area contributed by atoms with Gasteiger partial charge in [0, 0.05) is 12.6 Å². The van der Waals surface area contributed by atoms with Gasteiger partial charge >= 0.3 is 6.18 Å². The van der Waals surface area contributed by atoms with E-state index in [2.05, 4.69) is 20.6 Å². The Bertz CT molecular complexity index is 857. The van der Waals surface area contributed by atoms with Gasteiger partial charge in [0.05, 0.1) is 23.0 Å². The Morgan fingerprint density at radius 3 is 2.57 bits per heavy atom. The number of carbonyl (C=O) groups is 1. The number of aromatic nitrogens is 2. The number of alkyl halides is 3. The number of nitrogens with zero attached hydrogens (tertiary/aromatic N) is 2. The molecule has 1 heterocycles. The number of benzene rings is 1. The largest absolute Gasteiger partial charge is 0.484 e. The van der Waals surface area contributed by atoms with E-state index in [1.807, 2.05) is 0 Å². The molecule has 1 fully saturated rings. The molecule has 1 aromatic heterocycles. The van der Waals surface area contributed by atoms with Gasteiger partial charge in [0.2, 0.25) is 0 Å². The van der Waals surface area contributed by atoms with Crippen LogP contribution in [0.25, 0.3) is 0 Å². The van der Waals surface area contributed by atoms with Crippen molar-refractivity contribution < 1.29 is 27.1 Å². The summed E-state index contributed by atoms with van der Waals surface area (Å²) in [5, 5.41) is 5.60. The fraction of sp³-hybridized carbons (Fsp3) is 0.353. The van der Waals surface area contributed by atoms with Crippen LogP contribution in [0.5, 0.6) is 5.75 Å². The minimum Gasteiger partial charge on any atom is -0.484 e. The average Bonchev–Trinajstić information content (AvgIpc) is 3.40. The lowest BCUT2D eigenvalue weighted by Gasteiger charge is -2.18. The van der Waals surface area contributed by atoms with Crippen LogP contribution in [0.1, 0.15) is 18.5 Å². The third-order valence-electron chi connectivity index (χ3n) is 4.07. The number of halogens is 5. The van der Waals surface area contributed by atoms with Gasteiger partial charge < -0.3 is 15.4 Å². The summed E-state index contributed by atoms with van der Waals surface area (Å²) in [6, 6.07) is 3.84. The summed E-state index contributed by atoms with van der Waals surface area (Å²) >= 11 is 5.57. The number of rotatable bonds is 7. The smallest absolute Gasteiger partial charge is 0.434 e. The van der Waals surface area contributed by atoms with Crippen LogP contribution in [0.2, 0.25) is 5.02 Å². The summed E-state index contributed by atoms with van der Waals surface area (Å²) < 4.78 is 56.0. The van der Waals surface area contributed by atoms with Crippen LogP contribution in [-0.4, -0.2) is 34.6 Å². The normalized spacial score (nSPS) is 15.0. The van der Waals surface area contributed by atoms with Gasteiger partial charge in [-0.1, -0.05) is 11.6 Å². The summed E-state index contributed by atoms with van der Waals surface area (Å²) in [5.41, 5.74) is -1.61. The maximum absolute atomic E-state index is 13.3. The highest BCUT2D eigenvalue weighted by Gasteiger charge is 2.44. The average molecular weight is 419 g/mol. The van der Waals surface area contributed by atoms with Crippen LogP contribution in [0.3, 0.4) is 0 Å². The molecule has 1 amide bonds. The summed E-state index contributed by atoms with van der Waals surface area (Å²) in [6.07, 6.45) is -1.55. The van der Waals surface area contributed by atoms with Crippen molar-refractivity contribution in [2.45, 2.75) is 24.6 Å².